The molecular formula is C23H27N5O2S. The fourth-order valence-corrected chi connectivity index (χ4v) is 5.79. The van der Waals surface area contributed by atoms with E-state index in [1.54, 1.807) is 22.9 Å². The largest absolute Gasteiger partial charge is 0.339 e. The lowest BCUT2D eigenvalue weighted by molar-refractivity contribution is 0.389. The van der Waals surface area contributed by atoms with Crippen LogP contribution in [0.4, 0.5) is 11.5 Å². The molecule has 3 heterocycles. The fraction of sp³-hybridized carbons (Fsp3) is 0.348. The van der Waals surface area contributed by atoms with Gasteiger partial charge in [-0.05, 0) is 50.3 Å². The first-order valence-electron chi connectivity index (χ1n) is 10.6. The summed E-state index contributed by atoms with van der Waals surface area (Å²) in [6.45, 7) is 2.46. The second-order valence-electron chi connectivity index (χ2n) is 7.81. The van der Waals surface area contributed by atoms with Gasteiger partial charge in [0.25, 0.3) is 0 Å². The average molecular weight is 438 g/mol. The van der Waals surface area contributed by atoms with E-state index in [4.69, 9.17) is 0 Å². The number of nitrogens with one attached hydrogen (secondary N) is 1. The van der Waals surface area contributed by atoms with E-state index >= 15 is 0 Å². The Morgan fingerprint density at radius 3 is 2.77 bits per heavy atom. The Morgan fingerprint density at radius 2 is 2.00 bits per heavy atom. The number of rotatable bonds is 8. The van der Waals surface area contributed by atoms with Crippen LogP contribution < -0.4 is 5.32 Å². The molecule has 162 valence electrons. The topological polar surface area (TPSA) is 88.1 Å². The highest BCUT2D eigenvalue weighted by molar-refractivity contribution is 7.89. The van der Waals surface area contributed by atoms with Gasteiger partial charge in [-0.3, -0.25) is 9.97 Å². The van der Waals surface area contributed by atoms with Gasteiger partial charge in [-0.2, -0.15) is 4.31 Å². The van der Waals surface area contributed by atoms with Crippen molar-refractivity contribution >= 4 is 21.5 Å². The number of aryl methyl sites for hydroxylation is 2. The minimum absolute atomic E-state index is 0.148. The molecule has 3 aromatic rings. The van der Waals surface area contributed by atoms with Crippen molar-refractivity contribution in [3.8, 4) is 0 Å². The fourth-order valence-electron chi connectivity index (χ4n) is 4.04. The van der Waals surface area contributed by atoms with Crippen LogP contribution in [0.15, 0.2) is 61.1 Å². The van der Waals surface area contributed by atoms with Crippen molar-refractivity contribution in [3.63, 3.8) is 0 Å². The molecule has 1 atom stereocenters. The van der Waals surface area contributed by atoms with Crippen LogP contribution in [0.2, 0.25) is 0 Å². The molecule has 7 nitrogen and oxygen atoms in total. The number of pyridine rings is 1. The molecule has 4 rings (SSSR count). The maximum atomic E-state index is 13.1. The maximum absolute atomic E-state index is 13.1. The molecule has 0 unspecified atom stereocenters. The highest BCUT2D eigenvalue weighted by atomic mass is 32.2. The summed E-state index contributed by atoms with van der Waals surface area (Å²) in [6.07, 6.45) is 7.87. The number of hydrogen-bond acceptors (Lipinski definition) is 6. The highest BCUT2D eigenvalue weighted by Crippen LogP contribution is 2.35. The molecule has 1 fully saturated rings. The third-order valence-electron chi connectivity index (χ3n) is 5.42. The van der Waals surface area contributed by atoms with E-state index in [1.807, 2.05) is 49.4 Å². The number of hydrogen-bond donors (Lipinski definition) is 1. The van der Waals surface area contributed by atoms with E-state index in [2.05, 4.69) is 20.3 Å². The molecule has 0 amide bonds. The Labute approximate surface area is 183 Å². The summed E-state index contributed by atoms with van der Waals surface area (Å²) in [5.74, 6) is 0.783. The van der Waals surface area contributed by atoms with Gasteiger partial charge in [-0.1, -0.05) is 30.3 Å². The van der Waals surface area contributed by atoms with E-state index < -0.39 is 10.0 Å². The summed E-state index contributed by atoms with van der Waals surface area (Å²) >= 11 is 0. The molecule has 8 heteroatoms. The Morgan fingerprint density at radius 1 is 1.16 bits per heavy atom. The van der Waals surface area contributed by atoms with Crippen molar-refractivity contribution in [2.75, 3.05) is 17.6 Å². The van der Waals surface area contributed by atoms with Crippen LogP contribution in [0.1, 0.15) is 42.3 Å². The highest BCUT2D eigenvalue weighted by Gasteiger charge is 2.35. The molecule has 1 aliphatic rings. The monoisotopic (exact) mass is 437 g/mol. The smallest absolute Gasteiger partial charge is 0.214 e. The lowest BCUT2D eigenvalue weighted by Gasteiger charge is -2.24. The summed E-state index contributed by atoms with van der Waals surface area (Å²) in [5.41, 5.74) is 3.60. The summed E-state index contributed by atoms with van der Waals surface area (Å²) in [4.78, 5) is 13.0. The molecule has 31 heavy (non-hydrogen) atoms. The van der Waals surface area contributed by atoms with Gasteiger partial charge in [0.1, 0.15) is 5.82 Å². The van der Waals surface area contributed by atoms with Gasteiger partial charge in [0.2, 0.25) is 10.0 Å². The molecule has 1 saturated heterocycles. The van der Waals surface area contributed by atoms with E-state index in [9.17, 15) is 8.42 Å². The third-order valence-corrected chi connectivity index (χ3v) is 7.38. The molecule has 0 saturated carbocycles. The van der Waals surface area contributed by atoms with Crippen LogP contribution in [0.3, 0.4) is 0 Å². The van der Waals surface area contributed by atoms with Crippen molar-refractivity contribution in [1.82, 2.24) is 19.3 Å². The Balaban J connectivity index is 1.48. The minimum Gasteiger partial charge on any atom is -0.339 e. The van der Waals surface area contributed by atoms with Crippen LogP contribution in [0.25, 0.3) is 0 Å². The van der Waals surface area contributed by atoms with Gasteiger partial charge in [0.15, 0.2) is 0 Å². The number of aromatic nitrogens is 3. The van der Waals surface area contributed by atoms with E-state index in [0.29, 0.717) is 18.8 Å². The summed E-state index contributed by atoms with van der Waals surface area (Å²) in [6, 6.07) is 13.6. The zero-order chi connectivity index (χ0) is 21.7. The Hall–Kier alpha value is -2.84. The molecule has 0 aliphatic carbocycles. The molecular weight excluding hydrogens is 410 g/mol. The number of anilines is 2. The SMILES string of the molecule is Cc1cc(Nc2cnccn2)cc([C@@H]2CCCN2S(=O)(=O)CCCc2ccccc2)n1. The first kappa shape index (κ1) is 21.4. The second-order valence-corrected chi connectivity index (χ2v) is 9.85. The van der Waals surface area contributed by atoms with Gasteiger partial charge in [0.05, 0.1) is 23.7 Å². The average Bonchev–Trinajstić information content (AvgIpc) is 3.26. The van der Waals surface area contributed by atoms with Crippen molar-refractivity contribution in [2.24, 2.45) is 0 Å². The quantitative estimate of drug-likeness (QED) is 0.573. The van der Waals surface area contributed by atoms with E-state index in [1.165, 1.54) is 0 Å². The number of sulfonamides is 1. The van der Waals surface area contributed by atoms with Crippen LogP contribution >= 0.6 is 0 Å². The summed E-state index contributed by atoms with van der Waals surface area (Å²) in [7, 11) is -3.36. The molecule has 0 bridgehead atoms. The van der Waals surface area contributed by atoms with Gasteiger partial charge >= 0.3 is 0 Å². The molecule has 1 aromatic carbocycles. The predicted octanol–water partition coefficient (Wildman–Crippen LogP) is 4.02. The molecule has 1 N–H and O–H groups in total. The van der Waals surface area contributed by atoms with Gasteiger partial charge in [-0.25, -0.2) is 13.4 Å². The first-order valence-corrected chi connectivity index (χ1v) is 12.2. The van der Waals surface area contributed by atoms with Crippen molar-refractivity contribution in [2.45, 2.75) is 38.6 Å². The first-order chi connectivity index (χ1) is 15.0. The normalized spacial score (nSPS) is 17.0. The second kappa shape index (κ2) is 9.53. The van der Waals surface area contributed by atoms with Crippen LogP contribution in [0.5, 0.6) is 0 Å². The van der Waals surface area contributed by atoms with Gasteiger partial charge in [0, 0.05) is 30.3 Å². The standard InChI is InChI=1S/C23H27N5O2S/c1-18-15-20(27-23-17-24-11-12-25-23)16-21(26-18)22-10-5-13-28(22)31(29,30)14-6-9-19-7-3-2-4-8-19/h2-4,7-8,11-12,15-17,22H,5-6,9-10,13-14H2,1H3,(H,25,26,27)/t22-/m0/s1. The Kier molecular flexibility index (Phi) is 6.58. The van der Waals surface area contributed by atoms with E-state index in [-0.39, 0.29) is 11.8 Å². The van der Waals surface area contributed by atoms with Crippen LogP contribution in [-0.2, 0) is 16.4 Å². The summed E-state index contributed by atoms with van der Waals surface area (Å²) < 4.78 is 27.9. The van der Waals surface area contributed by atoms with Crippen molar-refractivity contribution in [3.05, 3.63) is 78.0 Å². The van der Waals surface area contributed by atoms with Crippen LogP contribution in [0, 0.1) is 6.92 Å². The predicted molar refractivity (Wildman–Crippen MR) is 122 cm³/mol. The van der Waals surface area contributed by atoms with Crippen LogP contribution in [-0.4, -0.2) is 40.0 Å². The Bertz CT molecular complexity index is 1110. The van der Waals surface area contributed by atoms with Crippen molar-refractivity contribution < 1.29 is 8.42 Å². The lowest BCUT2D eigenvalue weighted by Crippen LogP contribution is -2.33. The number of benzene rings is 1. The molecule has 0 radical (unpaired) electrons. The summed E-state index contributed by atoms with van der Waals surface area (Å²) in [5, 5.41) is 3.23. The zero-order valence-corrected chi connectivity index (χ0v) is 18.4. The molecule has 2 aromatic heterocycles. The van der Waals surface area contributed by atoms with Gasteiger partial charge in [-0.15, -0.1) is 0 Å². The number of nitrogens with zero attached hydrogens (tertiary/aromatic N) is 4. The zero-order valence-electron chi connectivity index (χ0n) is 17.6. The molecule has 1 aliphatic heterocycles. The van der Waals surface area contributed by atoms with Gasteiger partial charge < -0.3 is 5.32 Å². The third kappa shape index (κ3) is 5.45. The lowest BCUT2D eigenvalue weighted by atomic mass is 10.1. The molecule has 0 spiro atoms. The maximum Gasteiger partial charge on any atom is 0.214 e. The van der Waals surface area contributed by atoms with Crippen molar-refractivity contribution in [1.29, 1.82) is 0 Å². The van der Waals surface area contributed by atoms with E-state index in [0.717, 1.165) is 41.9 Å². The minimum atomic E-state index is -3.36.